The first-order valence-corrected chi connectivity index (χ1v) is 10.8. The molecule has 8 nitrogen and oxygen atoms in total. The molecular weight excluding hydrogens is 418 g/mol. The molecule has 4 rings (SSSR count). The first kappa shape index (κ1) is 22.3. The van der Waals surface area contributed by atoms with E-state index in [1.165, 1.54) is 11.6 Å². The van der Waals surface area contributed by atoms with Gasteiger partial charge in [0.05, 0.1) is 11.8 Å². The highest BCUT2D eigenvalue weighted by Gasteiger charge is 2.19. The molecule has 0 aliphatic rings. The quantitative estimate of drug-likeness (QED) is 0.373. The summed E-state index contributed by atoms with van der Waals surface area (Å²) in [6, 6.07) is 13.1. The van der Waals surface area contributed by atoms with E-state index in [1.54, 1.807) is 19.3 Å². The van der Waals surface area contributed by atoms with Crippen LogP contribution in [0.1, 0.15) is 25.0 Å². The molecule has 3 heterocycles. The number of aromatic nitrogens is 3. The van der Waals surface area contributed by atoms with Crippen LogP contribution in [-0.2, 0) is 13.6 Å². The van der Waals surface area contributed by atoms with Crippen LogP contribution in [-0.4, -0.2) is 19.5 Å². The molecule has 170 valence electrons. The topological polar surface area (TPSA) is 97.9 Å². The van der Waals surface area contributed by atoms with Crippen LogP contribution in [0.4, 0.5) is 11.5 Å². The lowest BCUT2D eigenvalue weighted by Crippen LogP contribution is -2.20. The van der Waals surface area contributed by atoms with Crippen molar-refractivity contribution in [1.82, 2.24) is 14.3 Å². The zero-order chi connectivity index (χ0) is 23.7. The molecule has 0 unspecified atom stereocenters. The molecule has 8 heteroatoms. The Bertz CT molecular complexity index is 1360. The number of hydrogen-bond acceptors (Lipinski definition) is 6. The Balaban J connectivity index is 1.79. The molecule has 0 fully saturated rings. The largest absolute Gasteiger partial charge is 0.493 e. The summed E-state index contributed by atoms with van der Waals surface area (Å²) >= 11 is 0. The van der Waals surface area contributed by atoms with E-state index in [9.17, 15) is 9.90 Å². The summed E-state index contributed by atoms with van der Waals surface area (Å²) in [4.78, 5) is 12.9. The van der Waals surface area contributed by atoms with E-state index in [4.69, 9.17) is 4.42 Å². The van der Waals surface area contributed by atoms with E-state index in [0.29, 0.717) is 35.2 Å². The molecule has 3 aromatic heterocycles. The molecule has 0 bridgehead atoms. The van der Waals surface area contributed by atoms with Crippen LogP contribution < -0.4 is 5.56 Å². The van der Waals surface area contributed by atoms with Crippen LogP contribution >= 0.6 is 0 Å². The van der Waals surface area contributed by atoms with E-state index in [2.05, 4.69) is 29.2 Å². The van der Waals surface area contributed by atoms with Gasteiger partial charge in [0.15, 0.2) is 11.6 Å². The van der Waals surface area contributed by atoms with E-state index in [1.807, 2.05) is 48.0 Å². The number of benzene rings is 1. The number of nitrogens with zero attached hydrogens (tertiary/aromatic N) is 5. The summed E-state index contributed by atoms with van der Waals surface area (Å²) < 4.78 is 8.57. The zero-order valence-electron chi connectivity index (χ0n) is 19.4. The minimum atomic E-state index is -0.297. The molecule has 1 N–H and O–H groups in total. The van der Waals surface area contributed by atoms with Gasteiger partial charge in [-0.15, -0.1) is 10.2 Å². The molecule has 0 radical (unpaired) electrons. The van der Waals surface area contributed by atoms with Crippen LogP contribution in [0.5, 0.6) is 5.88 Å². The van der Waals surface area contributed by atoms with E-state index < -0.39 is 0 Å². The molecule has 0 aliphatic carbocycles. The second-order valence-corrected chi connectivity index (χ2v) is 8.54. The molecule has 0 saturated carbocycles. The first-order valence-electron chi connectivity index (χ1n) is 10.8. The van der Waals surface area contributed by atoms with Crippen LogP contribution in [0, 0.1) is 19.8 Å². The third-order valence-corrected chi connectivity index (χ3v) is 5.45. The highest BCUT2D eigenvalue weighted by atomic mass is 16.3. The maximum atomic E-state index is 12.9. The van der Waals surface area contributed by atoms with Gasteiger partial charge in [-0.3, -0.25) is 14.0 Å². The number of hydrogen-bond donors (Lipinski definition) is 1. The molecule has 0 saturated heterocycles. The number of aryl methyl sites for hydroxylation is 1. The molecular formula is C25H27N5O3. The third-order valence-electron chi connectivity index (χ3n) is 5.45. The molecule has 0 atom stereocenters. The Morgan fingerprint density at radius 3 is 2.48 bits per heavy atom. The lowest BCUT2D eigenvalue weighted by Gasteiger charge is -2.13. The lowest BCUT2D eigenvalue weighted by molar-refractivity contribution is 0.424. The number of azo groups is 1. The predicted molar refractivity (Wildman–Crippen MR) is 127 cm³/mol. The second-order valence-electron chi connectivity index (χ2n) is 8.54. The summed E-state index contributed by atoms with van der Waals surface area (Å²) in [6.45, 7) is 8.64. The van der Waals surface area contributed by atoms with Crippen LogP contribution in [0.15, 0.2) is 68.2 Å². The molecule has 0 spiro atoms. The minimum Gasteiger partial charge on any atom is -0.493 e. The average molecular weight is 446 g/mol. The average Bonchev–Trinajstić information content (AvgIpc) is 3.43. The second kappa shape index (κ2) is 8.90. The number of pyridine rings is 1. The molecule has 4 aromatic rings. The Labute approximate surface area is 191 Å². The van der Waals surface area contributed by atoms with Crippen LogP contribution in [0.25, 0.3) is 22.6 Å². The van der Waals surface area contributed by atoms with Crippen molar-refractivity contribution >= 4 is 11.5 Å². The van der Waals surface area contributed by atoms with Gasteiger partial charge in [-0.2, -0.15) is 5.10 Å². The molecule has 1 aromatic carbocycles. The number of rotatable bonds is 6. The van der Waals surface area contributed by atoms with Crippen LogP contribution in [0.2, 0.25) is 0 Å². The summed E-state index contributed by atoms with van der Waals surface area (Å²) in [5, 5.41) is 23.8. The number of aromatic hydroxyl groups is 1. The smallest absolute Gasteiger partial charge is 0.261 e. The Kier molecular flexibility index (Phi) is 6.00. The van der Waals surface area contributed by atoms with E-state index >= 15 is 0 Å². The fourth-order valence-corrected chi connectivity index (χ4v) is 3.71. The van der Waals surface area contributed by atoms with Crippen molar-refractivity contribution in [3.05, 3.63) is 70.2 Å². The highest BCUT2D eigenvalue weighted by molar-refractivity contribution is 5.74. The maximum Gasteiger partial charge on any atom is 0.261 e. The standard InChI is InChI=1S/C25H27N5O3/c1-15(2)14-30-19(20-7-6-12-33-20)13-21(28-30)26-27-23-17(4)22(24(31)29(5)25(23)32)18-10-8-16(3)9-11-18/h6-13,15,32H,14H2,1-5H3. The van der Waals surface area contributed by atoms with Crippen molar-refractivity contribution in [2.75, 3.05) is 0 Å². The van der Waals surface area contributed by atoms with Crippen molar-refractivity contribution in [2.45, 2.75) is 34.2 Å². The zero-order valence-corrected chi connectivity index (χ0v) is 19.4. The fourth-order valence-electron chi connectivity index (χ4n) is 3.71. The van der Waals surface area contributed by atoms with Gasteiger partial charge in [-0.25, -0.2) is 0 Å². The fraction of sp³-hybridized carbons (Fsp3) is 0.280. The monoisotopic (exact) mass is 445 g/mol. The highest BCUT2D eigenvalue weighted by Crippen LogP contribution is 2.36. The van der Waals surface area contributed by atoms with Crippen molar-refractivity contribution in [1.29, 1.82) is 0 Å². The molecule has 0 aliphatic heterocycles. The minimum absolute atomic E-state index is 0.227. The molecule has 0 amide bonds. The van der Waals surface area contributed by atoms with Crippen molar-refractivity contribution in [3.8, 4) is 28.5 Å². The van der Waals surface area contributed by atoms with Crippen molar-refractivity contribution in [2.24, 2.45) is 23.2 Å². The third kappa shape index (κ3) is 4.37. The van der Waals surface area contributed by atoms with Gasteiger partial charge < -0.3 is 9.52 Å². The molecule has 33 heavy (non-hydrogen) atoms. The summed E-state index contributed by atoms with van der Waals surface area (Å²) in [6.07, 6.45) is 1.61. The van der Waals surface area contributed by atoms with Crippen molar-refractivity contribution in [3.63, 3.8) is 0 Å². The van der Waals surface area contributed by atoms with Gasteiger partial charge in [0, 0.05) is 19.7 Å². The summed E-state index contributed by atoms with van der Waals surface area (Å²) in [5.74, 6) is 1.19. The van der Waals surface area contributed by atoms with Crippen molar-refractivity contribution < 1.29 is 9.52 Å². The van der Waals surface area contributed by atoms with E-state index in [-0.39, 0.29) is 17.1 Å². The van der Waals surface area contributed by atoms with Gasteiger partial charge in [0.25, 0.3) is 5.56 Å². The van der Waals surface area contributed by atoms with Gasteiger partial charge >= 0.3 is 0 Å². The Morgan fingerprint density at radius 1 is 1.12 bits per heavy atom. The SMILES string of the molecule is Cc1ccc(-c2c(C)c(N=Nc3cc(-c4ccco4)n(CC(C)C)n3)c(O)n(C)c2=O)cc1. The first-order chi connectivity index (χ1) is 15.8. The predicted octanol–water partition coefficient (Wildman–Crippen LogP) is 5.90. The van der Waals surface area contributed by atoms with Gasteiger partial charge in [-0.1, -0.05) is 43.7 Å². The normalized spacial score (nSPS) is 11.7. The van der Waals surface area contributed by atoms with Gasteiger partial charge in [0.1, 0.15) is 11.4 Å². The van der Waals surface area contributed by atoms with Gasteiger partial charge in [0.2, 0.25) is 5.88 Å². The maximum absolute atomic E-state index is 12.9. The summed E-state index contributed by atoms with van der Waals surface area (Å²) in [5.41, 5.74) is 3.61. The summed E-state index contributed by atoms with van der Waals surface area (Å²) in [7, 11) is 1.51. The van der Waals surface area contributed by atoms with Crippen LogP contribution in [0.3, 0.4) is 0 Å². The Morgan fingerprint density at radius 2 is 1.85 bits per heavy atom. The number of furan rings is 1. The van der Waals surface area contributed by atoms with Gasteiger partial charge in [-0.05, 0) is 43.0 Å². The Hall–Kier alpha value is -3.94. The lowest BCUT2D eigenvalue weighted by atomic mass is 10.00. The van der Waals surface area contributed by atoms with E-state index in [0.717, 1.165) is 16.8 Å².